The molecule has 3 rings (SSSR count). The van der Waals surface area contributed by atoms with Gasteiger partial charge in [0.15, 0.2) is 0 Å². The molecule has 22 heavy (non-hydrogen) atoms. The molecule has 118 valence electrons. The predicted molar refractivity (Wildman–Crippen MR) is 86.5 cm³/mol. The number of piperazine rings is 1. The number of benzene rings is 1. The normalized spacial score (nSPS) is 18.5. The molecule has 0 bridgehead atoms. The number of halogens is 1. The van der Waals surface area contributed by atoms with Gasteiger partial charge in [0.25, 0.3) is 0 Å². The molecule has 0 aliphatic carbocycles. The highest BCUT2D eigenvalue weighted by Gasteiger charge is 2.16. The number of fused-ring (bicyclic) bond motifs is 1. The molecule has 0 amide bonds. The summed E-state index contributed by atoms with van der Waals surface area (Å²) in [6, 6.07) is 4.83. The quantitative estimate of drug-likeness (QED) is 0.933. The summed E-state index contributed by atoms with van der Waals surface area (Å²) in [5.41, 5.74) is 0.755. The maximum Gasteiger partial charge on any atom is 0.137 e. The predicted octanol–water partition coefficient (Wildman–Crippen LogP) is 1.82. The van der Waals surface area contributed by atoms with E-state index in [9.17, 15) is 4.39 Å². The van der Waals surface area contributed by atoms with Crippen LogP contribution >= 0.6 is 0 Å². The van der Waals surface area contributed by atoms with Gasteiger partial charge in [-0.3, -0.25) is 4.90 Å². The number of hydrogen-bond donors (Lipinski definition) is 1. The Morgan fingerprint density at radius 2 is 2.00 bits per heavy atom. The molecule has 1 aliphatic heterocycles. The molecule has 0 saturated carbocycles. The molecule has 1 N–H and O–H groups in total. The summed E-state index contributed by atoms with van der Waals surface area (Å²) >= 11 is 0. The van der Waals surface area contributed by atoms with Crippen LogP contribution in [-0.2, 0) is 0 Å². The highest BCUT2D eigenvalue weighted by Crippen LogP contribution is 2.20. The molecular formula is C16H22FN5. The fourth-order valence-electron chi connectivity index (χ4n) is 2.84. The molecule has 5 nitrogen and oxygen atoms in total. The minimum absolute atomic E-state index is 0.241. The van der Waals surface area contributed by atoms with Gasteiger partial charge in [0.2, 0.25) is 0 Å². The molecular weight excluding hydrogens is 281 g/mol. The molecule has 0 unspecified atom stereocenters. The number of nitrogens with one attached hydrogen (secondary N) is 1. The van der Waals surface area contributed by atoms with Gasteiger partial charge in [-0.05, 0) is 32.2 Å². The third-order valence-electron chi connectivity index (χ3n) is 4.11. The van der Waals surface area contributed by atoms with E-state index in [0.717, 1.165) is 43.6 Å². The molecule has 1 fully saturated rings. The lowest BCUT2D eigenvalue weighted by Gasteiger charge is -2.34. The third-order valence-corrected chi connectivity index (χ3v) is 4.11. The lowest BCUT2D eigenvalue weighted by molar-refractivity contribution is 0.151. The van der Waals surface area contributed by atoms with Gasteiger partial charge in [0.1, 0.15) is 18.0 Å². The standard InChI is InChI=1S/C16H22FN5/c1-12(10-22-7-5-21(2)6-8-22)20-16-14-9-13(17)3-4-15(14)18-11-19-16/h3-4,9,11-12H,5-8,10H2,1-2H3,(H,18,19,20)/t12-/m1/s1. The number of hydrogen-bond acceptors (Lipinski definition) is 5. The van der Waals surface area contributed by atoms with Crippen LogP contribution in [-0.4, -0.2) is 65.6 Å². The molecule has 1 atom stereocenters. The average Bonchev–Trinajstić information content (AvgIpc) is 2.50. The zero-order valence-electron chi connectivity index (χ0n) is 13.1. The van der Waals surface area contributed by atoms with Crippen LogP contribution in [0, 0.1) is 5.82 Å². The lowest BCUT2D eigenvalue weighted by atomic mass is 10.2. The van der Waals surface area contributed by atoms with E-state index < -0.39 is 0 Å². The summed E-state index contributed by atoms with van der Waals surface area (Å²) in [7, 11) is 2.15. The van der Waals surface area contributed by atoms with Gasteiger partial charge in [-0.15, -0.1) is 0 Å². The lowest BCUT2D eigenvalue weighted by Crippen LogP contribution is -2.47. The Kier molecular flexibility index (Phi) is 4.49. The van der Waals surface area contributed by atoms with Gasteiger partial charge in [0.05, 0.1) is 5.52 Å². The van der Waals surface area contributed by atoms with Crippen molar-refractivity contribution in [3.63, 3.8) is 0 Å². The van der Waals surface area contributed by atoms with Crippen molar-refractivity contribution in [3.05, 3.63) is 30.3 Å². The van der Waals surface area contributed by atoms with Crippen molar-refractivity contribution in [2.45, 2.75) is 13.0 Å². The van der Waals surface area contributed by atoms with Crippen molar-refractivity contribution in [1.29, 1.82) is 0 Å². The minimum Gasteiger partial charge on any atom is -0.366 e. The summed E-state index contributed by atoms with van der Waals surface area (Å²) in [5, 5.41) is 4.13. The van der Waals surface area contributed by atoms with Gasteiger partial charge in [0, 0.05) is 44.2 Å². The van der Waals surface area contributed by atoms with E-state index in [1.807, 2.05) is 0 Å². The average molecular weight is 303 g/mol. The fourth-order valence-corrected chi connectivity index (χ4v) is 2.84. The molecule has 2 aromatic rings. The second kappa shape index (κ2) is 6.54. The van der Waals surface area contributed by atoms with E-state index in [1.165, 1.54) is 18.5 Å². The van der Waals surface area contributed by atoms with Crippen LogP contribution in [0.2, 0.25) is 0 Å². The van der Waals surface area contributed by atoms with Gasteiger partial charge in [-0.25, -0.2) is 14.4 Å². The Labute approximate surface area is 130 Å². The van der Waals surface area contributed by atoms with E-state index in [-0.39, 0.29) is 11.9 Å². The van der Waals surface area contributed by atoms with Crippen molar-refractivity contribution in [3.8, 4) is 0 Å². The first-order valence-corrected chi connectivity index (χ1v) is 7.69. The summed E-state index contributed by atoms with van der Waals surface area (Å²) in [5.74, 6) is 0.434. The van der Waals surface area contributed by atoms with Gasteiger partial charge in [-0.1, -0.05) is 0 Å². The van der Waals surface area contributed by atoms with E-state index in [0.29, 0.717) is 5.82 Å². The summed E-state index contributed by atoms with van der Waals surface area (Å²) in [4.78, 5) is 13.2. The summed E-state index contributed by atoms with van der Waals surface area (Å²) in [6.45, 7) is 7.46. The van der Waals surface area contributed by atoms with E-state index in [4.69, 9.17) is 0 Å². The fraction of sp³-hybridized carbons (Fsp3) is 0.500. The topological polar surface area (TPSA) is 44.3 Å². The van der Waals surface area contributed by atoms with Crippen LogP contribution in [0.25, 0.3) is 10.9 Å². The summed E-state index contributed by atoms with van der Waals surface area (Å²) < 4.78 is 13.5. The van der Waals surface area contributed by atoms with Crippen molar-refractivity contribution in [2.75, 3.05) is 45.1 Å². The van der Waals surface area contributed by atoms with Crippen LogP contribution in [0.15, 0.2) is 24.5 Å². The van der Waals surface area contributed by atoms with Crippen molar-refractivity contribution in [2.24, 2.45) is 0 Å². The van der Waals surface area contributed by atoms with Crippen molar-refractivity contribution < 1.29 is 4.39 Å². The highest BCUT2D eigenvalue weighted by molar-refractivity contribution is 5.88. The van der Waals surface area contributed by atoms with E-state index in [1.54, 1.807) is 6.07 Å². The first-order chi connectivity index (χ1) is 10.6. The molecule has 0 spiro atoms. The Hall–Kier alpha value is -1.79. The molecule has 6 heteroatoms. The number of aromatic nitrogens is 2. The molecule has 1 aliphatic rings. The Bertz CT molecular complexity index is 639. The minimum atomic E-state index is -0.267. The van der Waals surface area contributed by atoms with Crippen LogP contribution in [0.1, 0.15) is 6.92 Å². The SMILES string of the molecule is C[C@H](CN1CCN(C)CC1)Nc1ncnc2ccc(F)cc12. The number of nitrogens with zero attached hydrogens (tertiary/aromatic N) is 4. The van der Waals surface area contributed by atoms with Crippen LogP contribution in [0.4, 0.5) is 10.2 Å². The first-order valence-electron chi connectivity index (χ1n) is 7.69. The maximum atomic E-state index is 13.5. The molecule has 0 radical (unpaired) electrons. The van der Waals surface area contributed by atoms with Crippen LogP contribution < -0.4 is 5.32 Å². The van der Waals surface area contributed by atoms with Crippen molar-refractivity contribution in [1.82, 2.24) is 19.8 Å². The van der Waals surface area contributed by atoms with E-state index in [2.05, 4.69) is 39.1 Å². The zero-order chi connectivity index (χ0) is 15.5. The molecule has 1 saturated heterocycles. The third kappa shape index (κ3) is 3.51. The highest BCUT2D eigenvalue weighted by atomic mass is 19.1. The second-order valence-corrected chi connectivity index (χ2v) is 6.03. The molecule has 1 aromatic heterocycles. The second-order valence-electron chi connectivity index (χ2n) is 6.03. The Morgan fingerprint density at radius 3 is 2.77 bits per heavy atom. The van der Waals surface area contributed by atoms with Crippen molar-refractivity contribution >= 4 is 16.7 Å². The number of likely N-dealkylation sites (N-methyl/N-ethyl adjacent to an activating group) is 1. The van der Waals surface area contributed by atoms with E-state index >= 15 is 0 Å². The van der Waals surface area contributed by atoms with Crippen LogP contribution in [0.3, 0.4) is 0 Å². The van der Waals surface area contributed by atoms with Crippen LogP contribution in [0.5, 0.6) is 0 Å². The smallest absolute Gasteiger partial charge is 0.137 e. The first kappa shape index (κ1) is 15.1. The molecule has 1 aromatic carbocycles. The number of anilines is 1. The monoisotopic (exact) mass is 303 g/mol. The van der Waals surface area contributed by atoms with Gasteiger partial charge in [-0.2, -0.15) is 0 Å². The van der Waals surface area contributed by atoms with Gasteiger partial charge < -0.3 is 10.2 Å². The number of rotatable bonds is 4. The molecule has 2 heterocycles. The largest absolute Gasteiger partial charge is 0.366 e. The Morgan fingerprint density at radius 1 is 1.23 bits per heavy atom. The zero-order valence-corrected chi connectivity index (χ0v) is 13.1. The maximum absolute atomic E-state index is 13.5. The van der Waals surface area contributed by atoms with Gasteiger partial charge >= 0.3 is 0 Å². The Balaban J connectivity index is 1.68. The summed E-state index contributed by atoms with van der Waals surface area (Å²) in [6.07, 6.45) is 1.52.